The van der Waals surface area contributed by atoms with Crippen LogP contribution in [0.1, 0.15) is 20.1 Å². The van der Waals surface area contributed by atoms with Crippen molar-refractivity contribution in [3.63, 3.8) is 0 Å². The first kappa shape index (κ1) is 13.4. The molecule has 21 heavy (non-hydrogen) atoms. The first-order valence-electron chi connectivity index (χ1n) is 6.99. The Morgan fingerprint density at radius 1 is 1.05 bits per heavy atom. The van der Waals surface area contributed by atoms with E-state index in [1.165, 1.54) is 6.92 Å². The maximum absolute atomic E-state index is 11.3. The van der Waals surface area contributed by atoms with Gasteiger partial charge >= 0.3 is 5.97 Å². The molecule has 1 atom stereocenters. The highest BCUT2D eigenvalue weighted by molar-refractivity contribution is 5.87. The topological polar surface area (TPSA) is 31.2 Å². The van der Waals surface area contributed by atoms with Gasteiger partial charge in [-0.3, -0.25) is 4.79 Å². The van der Waals surface area contributed by atoms with E-state index < -0.39 is 0 Å². The summed E-state index contributed by atoms with van der Waals surface area (Å²) >= 11 is 0. The van der Waals surface area contributed by atoms with Crippen LogP contribution in [0.4, 0.5) is 0 Å². The molecular weight excluding hydrogens is 262 g/mol. The Kier molecular flexibility index (Phi) is 3.48. The summed E-state index contributed by atoms with van der Waals surface area (Å²) in [6.07, 6.45) is -0.349. The zero-order valence-electron chi connectivity index (χ0n) is 12.1. The smallest absolute Gasteiger partial charge is 0.304 e. The van der Waals surface area contributed by atoms with Gasteiger partial charge in [0.2, 0.25) is 0 Å². The van der Waals surface area contributed by atoms with Crippen LogP contribution in [-0.4, -0.2) is 10.5 Å². The van der Waals surface area contributed by atoms with Gasteiger partial charge in [0.05, 0.1) is 11.2 Å². The zero-order chi connectivity index (χ0) is 14.8. The third-order valence-electron chi connectivity index (χ3n) is 3.52. The first-order valence-corrected chi connectivity index (χ1v) is 6.99. The van der Waals surface area contributed by atoms with Crippen molar-refractivity contribution in [2.45, 2.75) is 20.1 Å². The number of para-hydroxylation sites is 1. The minimum atomic E-state index is -0.349. The van der Waals surface area contributed by atoms with Crippen LogP contribution in [0.3, 0.4) is 0 Å². The molecule has 0 saturated carbocycles. The van der Waals surface area contributed by atoms with E-state index >= 15 is 0 Å². The fourth-order valence-corrected chi connectivity index (χ4v) is 2.69. The van der Waals surface area contributed by atoms with Crippen molar-refractivity contribution < 1.29 is 9.53 Å². The van der Waals surface area contributed by atoms with Crippen molar-refractivity contribution in [3.8, 4) is 11.3 Å². The molecule has 0 N–H and O–H groups in total. The average Bonchev–Trinajstić information content (AvgIpc) is 2.87. The van der Waals surface area contributed by atoms with E-state index in [9.17, 15) is 4.79 Å². The number of aromatic nitrogens is 1. The van der Waals surface area contributed by atoms with Crippen LogP contribution in [0.15, 0.2) is 60.7 Å². The van der Waals surface area contributed by atoms with Crippen LogP contribution in [0.5, 0.6) is 0 Å². The zero-order valence-corrected chi connectivity index (χ0v) is 12.1. The Bertz CT molecular complexity index is 774. The van der Waals surface area contributed by atoms with Crippen molar-refractivity contribution in [1.82, 2.24) is 4.57 Å². The summed E-state index contributed by atoms with van der Waals surface area (Å²) in [4.78, 5) is 11.3. The van der Waals surface area contributed by atoms with Crippen LogP contribution in [0.25, 0.3) is 22.2 Å². The molecule has 0 bridgehead atoms. The molecule has 0 amide bonds. The maximum Gasteiger partial charge on any atom is 0.304 e. The Morgan fingerprint density at radius 3 is 2.43 bits per heavy atom. The minimum absolute atomic E-state index is 0.278. The lowest BCUT2D eigenvalue weighted by atomic mass is 10.1. The van der Waals surface area contributed by atoms with Crippen molar-refractivity contribution >= 4 is 16.9 Å². The summed E-state index contributed by atoms with van der Waals surface area (Å²) in [6.45, 7) is 3.32. The van der Waals surface area contributed by atoms with Crippen molar-refractivity contribution in [1.29, 1.82) is 0 Å². The SMILES string of the molecule is CC(=O)OC(C)n1c(-c2ccccc2)cc2ccccc21. The van der Waals surface area contributed by atoms with E-state index in [2.05, 4.69) is 28.8 Å². The Labute approximate surface area is 123 Å². The number of rotatable bonds is 3. The predicted octanol–water partition coefficient (Wildman–Crippen LogP) is 4.39. The number of nitrogens with zero attached hydrogens (tertiary/aromatic N) is 1. The van der Waals surface area contributed by atoms with Gasteiger partial charge in [-0.15, -0.1) is 0 Å². The lowest BCUT2D eigenvalue weighted by Crippen LogP contribution is -2.13. The number of hydrogen-bond acceptors (Lipinski definition) is 2. The lowest BCUT2D eigenvalue weighted by Gasteiger charge is -2.18. The quantitative estimate of drug-likeness (QED) is 0.666. The molecule has 1 heterocycles. The summed E-state index contributed by atoms with van der Waals surface area (Å²) in [6, 6.07) is 20.4. The Morgan fingerprint density at radius 2 is 1.71 bits per heavy atom. The van der Waals surface area contributed by atoms with E-state index in [-0.39, 0.29) is 12.2 Å². The van der Waals surface area contributed by atoms with Gasteiger partial charge in [-0.1, -0.05) is 48.5 Å². The summed E-state index contributed by atoms with van der Waals surface area (Å²) in [5, 5.41) is 1.13. The van der Waals surface area contributed by atoms with Crippen LogP contribution in [0.2, 0.25) is 0 Å². The molecule has 0 aliphatic carbocycles. The average molecular weight is 279 g/mol. The number of fused-ring (bicyclic) bond motifs is 1. The molecule has 0 fully saturated rings. The standard InChI is InChI=1S/C18H17NO2/c1-13(21-14(2)20)19-17-11-7-6-10-16(17)12-18(19)15-8-4-3-5-9-15/h3-13H,1-2H3. The number of esters is 1. The highest BCUT2D eigenvalue weighted by Crippen LogP contribution is 2.31. The molecule has 0 aliphatic heterocycles. The first-order chi connectivity index (χ1) is 10.2. The second-order valence-corrected chi connectivity index (χ2v) is 5.03. The largest absolute Gasteiger partial charge is 0.442 e. The third-order valence-corrected chi connectivity index (χ3v) is 3.52. The molecule has 0 aliphatic rings. The number of carbonyl (C=O) groups is 1. The Balaban J connectivity index is 2.21. The van der Waals surface area contributed by atoms with Gasteiger partial charge in [-0.05, 0) is 24.6 Å². The summed E-state index contributed by atoms with van der Waals surface area (Å²) < 4.78 is 7.45. The molecule has 0 saturated heterocycles. The molecule has 3 aromatic rings. The summed E-state index contributed by atoms with van der Waals surface area (Å²) in [5.74, 6) is -0.278. The summed E-state index contributed by atoms with van der Waals surface area (Å²) in [5.41, 5.74) is 3.21. The van der Waals surface area contributed by atoms with E-state index in [1.54, 1.807) is 0 Å². The van der Waals surface area contributed by atoms with Gasteiger partial charge in [0, 0.05) is 12.3 Å². The van der Waals surface area contributed by atoms with Gasteiger partial charge in [0.25, 0.3) is 0 Å². The van der Waals surface area contributed by atoms with Gasteiger partial charge in [0.15, 0.2) is 6.23 Å². The fraction of sp³-hybridized carbons (Fsp3) is 0.167. The molecule has 1 aromatic heterocycles. The minimum Gasteiger partial charge on any atom is -0.442 e. The lowest BCUT2D eigenvalue weighted by molar-refractivity contribution is -0.149. The third kappa shape index (κ3) is 2.55. The maximum atomic E-state index is 11.3. The van der Waals surface area contributed by atoms with Crippen LogP contribution < -0.4 is 0 Å². The van der Waals surface area contributed by atoms with E-state index in [1.807, 2.05) is 43.3 Å². The highest BCUT2D eigenvalue weighted by atomic mass is 16.6. The number of ether oxygens (including phenoxy) is 1. The monoisotopic (exact) mass is 279 g/mol. The molecule has 0 radical (unpaired) electrons. The van der Waals surface area contributed by atoms with E-state index in [0.29, 0.717) is 0 Å². The normalized spacial score (nSPS) is 12.3. The van der Waals surface area contributed by atoms with Gasteiger partial charge < -0.3 is 9.30 Å². The van der Waals surface area contributed by atoms with Crippen LogP contribution in [0, 0.1) is 0 Å². The molecule has 2 aromatic carbocycles. The number of hydrogen-bond donors (Lipinski definition) is 0. The molecule has 3 nitrogen and oxygen atoms in total. The van der Waals surface area contributed by atoms with Gasteiger partial charge in [-0.25, -0.2) is 0 Å². The molecule has 3 rings (SSSR count). The molecule has 106 valence electrons. The molecule has 3 heteroatoms. The number of benzene rings is 2. The second kappa shape index (κ2) is 5.44. The van der Waals surface area contributed by atoms with E-state index in [4.69, 9.17) is 4.74 Å². The predicted molar refractivity (Wildman–Crippen MR) is 83.9 cm³/mol. The second-order valence-electron chi connectivity index (χ2n) is 5.03. The number of carbonyl (C=O) groups excluding carboxylic acids is 1. The van der Waals surface area contributed by atoms with Gasteiger partial charge in [-0.2, -0.15) is 0 Å². The van der Waals surface area contributed by atoms with Crippen molar-refractivity contribution in [2.75, 3.05) is 0 Å². The molecular formula is C18H17NO2. The molecule has 1 unspecified atom stereocenters. The Hall–Kier alpha value is -2.55. The van der Waals surface area contributed by atoms with Gasteiger partial charge in [0.1, 0.15) is 0 Å². The van der Waals surface area contributed by atoms with E-state index in [0.717, 1.165) is 22.2 Å². The van der Waals surface area contributed by atoms with Crippen LogP contribution in [-0.2, 0) is 9.53 Å². The summed E-state index contributed by atoms with van der Waals surface area (Å²) in [7, 11) is 0. The van der Waals surface area contributed by atoms with Crippen molar-refractivity contribution in [3.05, 3.63) is 60.7 Å². The fourth-order valence-electron chi connectivity index (χ4n) is 2.69. The van der Waals surface area contributed by atoms with Crippen LogP contribution >= 0.6 is 0 Å². The molecule has 0 spiro atoms. The van der Waals surface area contributed by atoms with Crippen molar-refractivity contribution in [2.24, 2.45) is 0 Å². The highest BCUT2D eigenvalue weighted by Gasteiger charge is 2.16.